The van der Waals surface area contributed by atoms with E-state index in [4.69, 9.17) is 23.2 Å². The Morgan fingerprint density at radius 3 is 2.44 bits per heavy atom. The summed E-state index contributed by atoms with van der Waals surface area (Å²) in [5.41, 5.74) is 4.95. The molecule has 160 valence electrons. The number of hydrogen-bond acceptors (Lipinski definition) is 5. The average molecular weight is 482 g/mol. The highest BCUT2D eigenvalue weighted by atomic mass is 35.5. The molecule has 0 aliphatic heterocycles. The number of hydrogen-bond donors (Lipinski definition) is 1. The largest absolute Gasteiger partial charge is 0.272 e. The molecule has 0 aliphatic rings. The fraction of sp³-hybridized carbons (Fsp3) is 0.0435. The molecule has 0 spiro atoms. The van der Waals surface area contributed by atoms with Crippen molar-refractivity contribution in [1.29, 1.82) is 0 Å². The molecule has 0 saturated carbocycles. The Bertz CT molecular complexity index is 1250. The molecule has 4 aromatic rings. The zero-order chi connectivity index (χ0) is 22.3. The summed E-state index contributed by atoms with van der Waals surface area (Å²) < 4.78 is 1.93. The van der Waals surface area contributed by atoms with Crippen LogP contribution >= 0.6 is 35.0 Å². The summed E-state index contributed by atoms with van der Waals surface area (Å²) in [4.78, 5) is 12.3. The monoisotopic (exact) mass is 481 g/mol. The third-order valence-corrected chi connectivity index (χ3v) is 6.15. The van der Waals surface area contributed by atoms with Gasteiger partial charge in [-0.3, -0.25) is 9.36 Å². The minimum Gasteiger partial charge on any atom is -0.272 e. The number of benzene rings is 3. The van der Waals surface area contributed by atoms with E-state index in [1.807, 2.05) is 65.2 Å². The molecule has 0 unspecified atom stereocenters. The first-order valence-corrected chi connectivity index (χ1v) is 11.3. The predicted octanol–water partition coefficient (Wildman–Crippen LogP) is 5.48. The van der Waals surface area contributed by atoms with E-state index in [0.29, 0.717) is 26.6 Å². The van der Waals surface area contributed by atoms with Gasteiger partial charge in [0.15, 0.2) is 11.0 Å². The smallest absolute Gasteiger partial charge is 0.250 e. The molecule has 1 aromatic heterocycles. The Hall–Kier alpha value is -3.13. The van der Waals surface area contributed by atoms with E-state index in [2.05, 4.69) is 20.7 Å². The van der Waals surface area contributed by atoms with Crippen molar-refractivity contribution in [3.8, 4) is 17.1 Å². The van der Waals surface area contributed by atoms with Gasteiger partial charge in [0.05, 0.1) is 22.0 Å². The van der Waals surface area contributed by atoms with E-state index >= 15 is 0 Å². The molecule has 3 aromatic carbocycles. The van der Waals surface area contributed by atoms with Crippen molar-refractivity contribution in [2.24, 2.45) is 5.10 Å². The Balaban J connectivity index is 1.48. The lowest BCUT2D eigenvalue weighted by atomic mass is 10.2. The fourth-order valence-electron chi connectivity index (χ4n) is 2.90. The molecule has 0 fully saturated rings. The average Bonchev–Trinajstić information content (AvgIpc) is 3.25. The van der Waals surface area contributed by atoms with Crippen molar-refractivity contribution < 1.29 is 4.79 Å². The number of aromatic nitrogens is 3. The number of hydrazone groups is 1. The zero-order valence-corrected chi connectivity index (χ0v) is 19.0. The summed E-state index contributed by atoms with van der Waals surface area (Å²) >= 11 is 13.4. The van der Waals surface area contributed by atoms with Gasteiger partial charge in [-0.25, -0.2) is 5.43 Å². The molecule has 4 rings (SSSR count). The van der Waals surface area contributed by atoms with Crippen LogP contribution in [0.15, 0.2) is 89.1 Å². The fourth-order valence-corrected chi connectivity index (χ4v) is 4.00. The molecule has 32 heavy (non-hydrogen) atoms. The summed E-state index contributed by atoms with van der Waals surface area (Å²) in [5, 5.41) is 14.1. The number of carbonyl (C=O) groups excluding carboxylic acids is 1. The number of carbonyl (C=O) groups is 1. The van der Waals surface area contributed by atoms with Crippen LogP contribution in [-0.2, 0) is 4.79 Å². The number of amides is 1. The molecule has 0 aliphatic carbocycles. The molecule has 0 atom stereocenters. The highest BCUT2D eigenvalue weighted by molar-refractivity contribution is 7.99. The maximum atomic E-state index is 12.3. The van der Waals surface area contributed by atoms with Crippen LogP contribution in [-0.4, -0.2) is 32.6 Å². The lowest BCUT2D eigenvalue weighted by molar-refractivity contribution is -0.118. The highest BCUT2D eigenvalue weighted by Crippen LogP contribution is 2.28. The van der Waals surface area contributed by atoms with Gasteiger partial charge in [-0.2, -0.15) is 5.10 Å². The maximum Gasteiger partial charge on any atom is 0.250 e. The SMILES string of the molecule is O=C(CSc1nnc(-c2ccccc2)n1-c1ccccc1)NN=Cc1cccc(Cl)c1Cl. The summed E-state index contributed by atoms with van der Waals surface area (Å²) in [7, 11) is 0. The lowest BCUT2D eigenvalue weighted by Crippen LogP contribution is -2.20. The van der Waals surface area contributed by atoms with Gasteiger partial charge in [0.2, 0.25) is 0 Å². The van der Waals surface area contributed by atoms with E-state index in [1.165, 1.54) is 18.0 Å². The zero-order valence-electron chi connectivity index (χ0n) is 16.7. The van der Waals surface area contributed by atoms with Crippen LogP contribution in [0.3, 0.4) is 0 Å². The third kappa shape index (κ3) is 5.19. The van der Waals surface area contributed by atoms with Gasteiger partial charge in [-0.1, -0.05) is 95.6 Å². The van der Waals surface area contributed by atoms with Crippen LogP contribution < -0.4 is 5.43 Å². The Morgan fingerprint density at radius 1 is 0.969 bits per heavy atom. The van der Waals surface area contributed by atoms with Crippen LogP contribution in [0.5, 0.6) is 0 Å². The Morgan fingerprint density at radius 2 is 1.69 bits per heavy atom. The molecular formula is C23H17Cl2N5OS. The first kappa shape index (κ1) is 22.1. The van der Waals surface area contributed by atoms with Crippen LogP contribution in [0.2, 0.25) is 10.0 Å². The lowest BCUT2D eigenvalue weighted by Gasteiger charge is -2.10. The molecular weight excluding hydrogens is 465 g/mol. The van der Waals surface area contributed by atoms with Gasteiger partial charge in [-0.15, -0.1) is 10.2 Å². The van der Waals surface area contributed by atoms with Gasteiger partial charge in [0, 0.05) is 16.8 Å². The summed E-state index contributed by atoms with van der Waals surface area (Å²) in [6.07, 6.45) is 1.46. The second-order valence-electron chi connectivity index (χ2n) is 6.57. The van der Waals surface area contributed by atoms with Gasteiger partial charge >= 0.3 is 0 Å². The van der Waals surface area contributed by atoms with Crippen LogP contribution in [0.25, 0.3) is 17.1 Å². The van der Waals surface area contributed by atoms with Crippen LogP contribution in [0.1, 0.15) is 5.56 Å². The molecule has 0 bridgehead atoms. The van der Waals surface area contributed by atoms with Crippen molar-refractivity contribution in [2.75, 3.05) is 5.75 Å². The second-order valence-corrected chi connectivity index (χ2v) is 8.30. The van der Waals surface area contributed by atoms with Crippen molar-refractivity contribution in [1.82, 2.24) is 20.2 Å². The molecule has 1 amide bonds. The van der Waals surface area contributed by atoms with Crippen molar-refractivity contribution in [3.05, 3.63) is 94.5 Å². The summed E-state index contributed by atoms with van der Waals surface area (Å²) in [5.74, 6) is 0.530. The first-order valence-electron chi connectivity index (χ1n) is 9.58. The first-order chi connectivity index (χ1) is 15.6. The molecule has 0 saturated heterocycles. The Labute approximate surface area is 199 Å². The van der Waals surface area contributed by atoms with E-state index in [9.17, 15) is 4.79 Å². The van der Waals surface area contributed by atoms with Crippen molar-refractivity contribution >= 4 is 47.1 Å². The number of thioether (sulfide) groups is 1. The topological polar surface area (TPSA) is 72.2 Å². The van der Waals surface area contributed by atoms with E-state index in [-0.39, 0.29) is 11.7 Å². The van der Waals surface area contributed by atoms with Crippen molar-refractivity contribution in [2.45, 2.75) is 5.16 Å². The van der Waals surface area contributed by atoms with Crippen LogP contribution in [0.4, 0.5) is 0 Å². The van der Waals surface area contributed by atoms with E-state index in [0.717, 1.165) is 11.3 Å². The van der Waals surface area contributed by atoms with Crippen molar-refractivity contribution in [3.63, 3.8) is 0 Å². The van der Waals surface area contributed by atoms with Gasteiger partial charge in [0.25, 0.3) is 5.91 Å². The quantitative estimate of drug-likeness (QED) is 0.215. The molecule has 0 radical (unpaired) electrons. The number of halogens is 2. The molecule has 6 nitrogen and oxygen atoms in total. The summed E-state index contributed by atoms with van der Waals surface area (Å²) in [6.45, 7) is 0. The minimum absolute atomic E-state index is 0.111. The minimum atomic E-state index is -0.284. The van der Waals surface area contributed by atoms with Crippen LogP contribution in [0, 0.1) is 0 Å². The van der Waals surface area contributed by atoms with Gasteiger partial charge in [-0.05, 0) is 18.2 Å². The Kier molecular flexibility index (Phi) is 7.21. The standard InChI is InChI=1S/C23H17Cl2N5OS/c24-19-13-7-10-17(21(19)25)14-26-27-20(31)15-32-23-29-28-22(16-8-3-1-4-9-16)30(23)18-11-5-2-6-12-18/h1-14H,15H2,(H,27,31). The molecule has 1 N–H and O–H groups in total. The highest BCUT2D eigenvalue weighted by Gasteiger charge is 2.17. The summed E-state index contributed by atoms with van der Waals surface area (Å²) in [6, 6.07) is 24.8. The number of rotatable bonds is 7. The normalized spacial score (nSPS) is 11.1. The van der Waals surface area contributed by atoms with Gasteiger partial charge in [0.1, 0.15) is 0 Å². The second kappa shape index (κ2) is 10.5. The predicted molar refractivity (Wildman–Crippen MR) is 130 cm³/mol. The van der Waals surface area contributed by atoms with E-state index < -0.39 is 0 Å². The molecule has 9 heteroatoms. The van der Waals surface area contributed by atoms with Gasteiger partial charge < -0.3 is 0 Å². The number of nitrogens with one attached hydrogen (secondary N) is 1. The number of nitrogens with zero attached hydrogens (tertiary/aromatic N) is 4. The third-order valence-electron chi connectivity index (χ3n) is 4.39. The maximum absolute atomic E-state index is 12.3. The molecule has 1 heterocycles. The number of para-hydroxylation sites is 1. The van der Waals surface area contributed by atoms with E-state index in [1.54, 1.807) is 18.2 Å².